The second kappa shape index (κ2) is 7.12. The molecule has 0 atom stereocenters. The van der Waals surface area contributed by atoms with E-state index in [1.54, 1.807) is 0 Å². The predicted octanol–water partition coefficient (Wildman–Crippen LogP) is 3.96. The molecule has 2 heterocycles. The van der Waals surface area contributed by atoms with Gasteiger partial charge < -0.3 is 9.42 Å². The Kier molecular flexibility index (Phi) is 4.52. The minimum absolute atomic E-state index is 0.104. The van der Waals surface area contributed by atoms with E-state index < -0.39 is 0 Å². The summed E-state index contributed by atoms with van der Waals surface area (Å²) in [5.74, 6) is 1.17. The van der Waals surface area contributed by atoms with Gasteiger partial charge in [0.15, 0.2) is 0 Å². The van der Waals surface area contributed by atoms with Crippen molar-refractivity contribution >= 4 is 11.6 Å². The first-order valence-electron chi connectivity index (χ1n) is 8.98. The van der Waals surface area contributed by atoms with Crippen LogP contribution in [0.15, 0.2) is 53.1 Å². The van der Waals surface area contributed by atoms with Crippen LogP contribution in [-0.4, -0.2) is 22.6 Å². The summed E-state index contributed by atoms with van der Waals surface area (Å²) in [5, 5.41) is 4.04. The highest BCUT2D eigenvalue weighted by Gasteiger charge is 2.22. The zero-order valence-electron chi connectivity index (χ0n) is 14.8. The lowest BCUT2D eigenvalue weighted by molar-refractivity contribution is -0.118. The third-order valence-corrected chi connectivity index (χ3v) is 4.71. The Labute approximate surface area is 152 Å². The third-order valence-electron chi connectivity index (χ3n) is 4.71. The molecule has 1 aromatic heterocycles. The van der Waals surface area contributed by atoms with E-state index >= 15 is 0 Å². The Morgan fingerprint density at radius 3 is 2.96 bits per heavy atom. The molecule has 26 heavy (non-hydrogen) atoms. The summed E-state index contributed by atoms with van der Waals surface area (Å²) in [5.41, 5.74) is 4.35. The molecule has 4 rings (SSSR count). The van der Waals surface area contributed by atoms with Crippen LogP contribution in [-0.2, 0) is 17.6 Å². The molecule has 0 unspecified atom stereocenters. The number of aromatic nitrogens is 2. The molecule has 0 spiro atoms. The molecule has 1 aliphatic heterocycles. The summed E-state index contributed by atoms with van der Waals surface area (Å²) >= 11 is 0. The summed E-state index contributed by atoms with van der Waals surface area (Å²) in [4.78, 5) is 19.0. The summed E-state index contributed by atoms with van der Waals surface area (Å²) in [6.45, 7) is 2.80. The maximum absolute atomic E-state index is 12.7. The highest BCUT2D eigenvalue weighted by atomic mass is 16.5. The second-order valence-corrected chi connectivity index (χ2v) is 6.66. The van der Waals surface area contributed by atoms with E-state index in [9.17, 15) is 4.79 Å². The van der Waals surface area contributed by atoms with Crippen molar-refractivity contribution in [1.82, 2.24) is 10.1 Å². The van der Waals surface area contributed by atoms with Gasteiger partial charge in [-0.15, -0.1) is 0 Å². The van der Waals surface area contributed by atoms with Crippen molar-refractivity contribution in [2.24, 2.45) is 0 Å². The number of carbonyl (C=O) groups excluding carboxylic acids is 1. The minimum Gasteiger partial charge on any atom is -0.339 e. The first-order valence-corrected chi connectivity index (χ1v) is 8.98. The number of amides is 1. The molecule has 1 aliphatic rings. The van der Waals surface area contributed by atoms with Gasteiger partial charge in [0, 0.05) is 30.6 Å². The zero-order valence-corrected chi connectivity index (χ0v) is 14.8. The molecule has 132 valence electrons. The molecule has 5 nitrogen and oxygen atoms in total. The van der Waals surface area contributed by atoms with Crippen molar-refractivity contribution in [3.8, 4) is 11.4 Å². The van der Waals surface area contributed by atoms with Gasteiger partial charge in [-0.1, -0.05) is 47.1 Å². The molecule has 0 saturated heterocycles. The summed E-state index contributed by atoms with van der Waals surface area (Å²) in [7, 11) is 0. The highest BCUT2D eigenvalue weighted by Crippen LogP contribution is 2.27. The second-order valence-electron chi connectivity index (χ2n) is 6.66. The van der Waals surface area contributed by atoms with E-state index in [0.29, 0.717) is 24.6 Å². The Bertz CT molecular complexity index is 932. The lowest BCUT2D eigenvalue weighted by Gasteiger charge is -2.29. The molecule has 2 aromatic carbocycles. The van der Waals surface area contributed by atoms with E-state index in [-0.39, 0.29) is 5.91 Å². The Morgan fingerprint density at radius 2 is 2.08 bits per heavy atom. The maximum atomic E-state index is 12.7. The van der Waals surface area contributed by atoms with Gasteiger partial charge in [-0.05, 0) is 37.5 Å². The van der Waals surface area contributed by atoms with Crippen LogP contribution in [0.25, 0.3) is 11.4 Å². The minimum atomic E-state index is 0.104. The fraction of sp³-hybridized carbons (Fsp3) is 0.286. The van der Waals surface area contributed by atoms with Crippen molar-refractivity contribution < 1.29 is 9.32 Å². The number of benzene rings is 2. The van der Waals surface area contributed by atoms with Crippen LogP contribution in [0.4, 0.5) is 5.69 Å². The molecule has 3 aromatic rings. The highest BCUT2D eigenvalue weighted by molar-refractivity contribution is 5.94. The molecule has 0 radical (unpaired) electrons. The molecule has 0 N–H and O–H groups in total. The van der Waals surface area contributed by atoms with Gasteiger partial charge in [-0.2, -0.15) is 4.98 Å². The standard InChI is InChI=1S/C21H21N3O2/c1-15-6-4-8-17(14-15)21-22-19(26-23-21)11-12-20(25)24-13-5-9-16-7-2-3-10-18(16)24/h2-4,6-8,10,14H,5,9,11-13H2,1H3. The normalized spacial score (nSPS) is 13.5. The molecular formula is C21H21N3O2. The Morgan fingerprint density at radius 1 is 1.19 bits per heavy atom. The lowest BCUT2D eigenvalue weighted by atomic mass is 10.0. The quantitative estimate of drug-likeness (QED) is 0.717. The summed E-state index contributed by atoms with van der Waals surface area (Å²) in [6.07, 6.45) is 2.85. The van der Waals surface area contributed by atoms with Crippen molar-refractivity contribution in [2.75, 3.05) is 11.4 Å². The van der Waals surface area contributed by atoms with Gasteiger partial charge in [-0.3, -0.25) is 4.79 Å². The number of hydrogen-bond donors (Lipinski definition) is 0. The van der Waals surface area contributed by atoms with Gasteiger partial charge in [-0.25, -0.2) is 0 Å². The molecule has 0 aliphatic carbocycles. The van der Waals surface area contributed by atoms with E-state index in [2.05, 4.69) is 16.2 Å². The average molecular weight is 347 g/mol. The first kappa shape index (κ1) is 16.5. The number of rotatable bonds is 4. The zero-order chi connectivity index (χ0) is 17.9. The summed E-state index contributed by atoms with van der Waals surface area (Å²) < 4.78 is 5.33. The van der Waals surface area contributed by atoms with Crippen LogP contribution in [0.3, 0.4) is 0 Å². The van der Waals surface area contributed by atoms with E-state index in [4.69, 9.17) is 4.52 Å². The number of aryl methyl sites for hydroxylation is 3. The summed E-state index contributed by atoms with van der Waals surface area (Å²) in [6, 6.07) is 16.1. The van der Waals surface area contributed by atoms with Crippen molar-refractivity contribution in [1.29, 1.82) is 0 Å². The van der Waals surface area contributed by atoms with Gasteiger partial charge >= 0.3 is 0 Å². The SMILES string of the molecule is Cc1cccc(-c2noc(CCC(=O)N3CCCc4ccccc43)n2)c1. The molecule has 0 fully saturated rings. The first-order chi connectivity index (χ1) is 12.7. The number of fused-ring (bicyclic) bond motifs is 1. The number of hydrogen-bond acceptors (Lipinski definition) is 4. The number of para-hydroxylation sites is 1. The smallest absolute Gasteiger partial charge is 0.227 e. The molecular weight excluding hydrogens is 326 g/mol. The largest absolute Gasteiger partial charge is 0.339 e. The van der Waals surface area contributed by atoms with E-state index in [1.165, 1.54) is 5.56 Å². The van der Waals surface area contributed by atoms with Crippen LogP contribution in [0, 0.1) is 6.92 Å². The third kappa shape index (κ3) is 3.38. The van der Waals surface area contributed by atoms with Gasteiger partial charge in [0.05, 0.1) is 0 Å². The fourth-order valence-corrected chi connectivity index (χ4v) is 3.40. The maximum Gasteiger partial charge on any atom is 0.227 e. The van der Waals surface area contributed by atoms with E-state index in [1.807, 2.05) is 54.3 Å². The Hall–Kier alpha value is -2.95. The molecule has 0 saturated carbocycles. The lowest BCUT2D eigenvalue weighted by Crippen LogP contribution is -2.35. The molecule has 5 heteroatoms. The average Bonchev–Trinajstić information content (AvgIpc) is 3.15. The van der Waals surface area contributed by atoms with Crippen LogP contribution >= 0.6 is 0 Å². The van der Waals surface area contributed by atoms with Crippen LogP contribution < -0.4 is 4.90 Å². The van der Waals surface area contributed by atoms with Gasteiger partial charge in [0.1, 0.15) is 0 Å². The van der Waals surface area contributed by atoms with Gasteiger partial charge in [0.2, 0.25) is 17.6 Å². The number of anilines is 1. The van der Waals surface area contributed by atoms with E-state index in [0.717, 1.165) is 36.2 Å². The van der Waals surface area contributed by atoms with Crippen LogP contribution in [0.5, 0.6) is 0 Å². The van der Waals surface area contributed by atoms with Gasteiger partial charge in [0.25, 0.3) is 0 Å². The number of nitrogens with zero attached hydrogens (tertiary/aromatic N) is 3. The molecule has 0 bridgehead atoms. The Balaban J connectivity index is 1.43. The van der Waals surface area contributed by atoms with Crippen LogP contribution in [0.1, 0.15) is 29.9 Å². The topological polar surface area (TPSA) is 59.2 Å². The molecule has 1 amide bonds. The number of carbonyl (C=O) groups is 1. The monoisotopic (exact) mass is 347 g/mol. The van der Waals surface area contributed by atoms with Crippen molar-refractivity contribution in [3.05, 3.63) is 65.5 Å². The van der Waals surface area contributed by atoms with Crippen LogP contribution in [0.2, 0.25) is 0 Å². The van der Waals surface area contributed by atoms with Crippen molar-refractivity contribution in [3.63, 3.8) is 0 Å². The fourth-order valence-electron chi connectivity index (χ4n) is 3.40. The van der Waals surface area contributed by atoms with Crippen molar-refractivity contribution in [2.45, 2.75) is 32.6 Å². The predicted molar refractivity (Wildman–Crippen MR) is 99.9 cm³/mol.